The van der Waals surface area contributed by atoms with Crippen molar-refractivity contribution in [3.63, 3.8) is 0 Å². The van der Waals surface area contributed by atoms with Gasteiger partial charge in [0.05, 0.1) is 17.1 Å². The molecule has 148 valence electrons. The lowest BCUT2D eigenvalue weighted by atomic mass is 10.3. The molecule has 9 heteroatoms. The maximum Gasteiger partial charge on any atom is 0.295 e. The number of hydrogen-bond donors (Lipinski definition) is 1. The Morgan fingerprint density at radius 1 is 1.18 bits per heavy atom. The second-order valence-corrected chi connectivity index (χ2v) is 7.40. The molecule has 2 aromatic heterocycles. The van der Waals surface area contributed by atoms with Gasteiger partial charge in [-0.3, -0.25) is 14.3 Å². The summed E-state index contributed by atoms with van der Waals surface area (Å²) in [6.07, 6.45) is 0.959. The highest BCUT2D eigenvalue weighted by molar-refractivity contribution is 7.99. The van der Waals surface area contributed by atoms with Crippen LogP contribution >= 0.6 is 11.8 Å². The lowest BCUT2D eigenvalue weighted by Gasteiger charge is -2.07. The minimum Gasteiger partial charge on any atom is -0.319 e. The molecule has 0 aliphatic rings. The summed E-state index contributed by atoms with van der Waals surface area (Å²) in [5, 5.41) is 11.7. The van der Waals surface area contributed by atoms with E-state index in [1.165, 1.54) is 11.8 Å². The molecule has 3 aromatic rings. The standard InChI is InChI=1S/C19H24N6O2S/c1-5-11-24-14(3)21-22-19(24)28-12-16(26)20-17-13(2)23(4)25(18(17)27)15-9-7-6-8-10-15/h6-10H,5,11-12H2,1-4H3,(H,20,26). The van der Waals surface area contributed by atoms with Crippen LogP contribution in [0.5, 0.6) is 0 Å². The van der Waals surface area contributed by atoms with Crippen LogP contribution in [0, 0.1) is 13.8 Å². The maximum absolute atomic E-state index is 12.9. The Bertz CT molecular complexity index is 1030. The highest BCUT2D eigenvalue weighted by atomic mass is 32.2. The summed E-state index contributed by atoms with van der Waals surface area (Å²) in [5.74, 6) is 0.732. The van der Waals surface area contributed by atoms with Crippen LogP contribution in [0.1, 0.15) is 24.9 Å². The zero-order chi connectivity index (χ0) is 20.3. The first kappa shape index (κ1) is 19.9. The van der Waals surface area contributed by atoms with Crippen molar-refractivity contribution >= 4 is 23.4 Å². The van der Waals surface area contributed by atoms with Crippen LogP contribution < -0.4 is 10.9 Å². The smallest absolute Gasteiger partial charge is 0.295 e. The molecule has 8 nitrogen and oxygen atoms in total. The Labute approximate surface area is 167 Å². The van der Waals surface area contributed by atoms with E-state index in [9.17, 15) is 9.59 Å². The first-order valence-corrected chi connectivity index (χ1v) is 10.1. The quantitative estimate of drug-likeness (QED) is 0.616. The van der Waals surface area contributed by atoms with Gasteiger partial charge in [0.25, 0.3) is 5.56 Å². The van der Waals surface area contributed by atoms with Crippen LogP contribution in [0.25, 0.3) is 5.69 Å². The molecule has 3 rings (SSSR count). The van der Waals surface area contributed by atoms with E-state index >= 15 is 0 Å². The second-order valence-electron chi connectivity index (χ2n) is 6.45. The summed E-state index contributed by atoms with van der Waals surface area (Å²) in [5.41, 5.74) is 1.48. The largest absolute Gasteiger partial charge is 0.319 e. The third kappa shape index (κ3) is 3.89. The molecular weight excluding hydrogens is 376 g/mol. The van der Waals surface area contributed by atoms with Crippen LogP contribution in [0.4, 0.5) is 5.69 Å². The van der Waals surface area contributed by atoms with Crippen molar-refractivity contribution in [2.75, 3.05) is 11.1 Å². The molecule has 28 heavy (non-hydrogen) atoms. The van der Waals surface area contributed by atoms with Crippen molar-refractivity contribution < 1.29 is 4.79 Å². The Morgan fingerprint density at radius 3 is 2.57 bits per heavy atom. The van der Waals surface area contributed by atoms with Gasteiger partial charge in [-0.05, 0) is 32.4 Å². The van der Waals surface area contributed by atoms with Crippen molar-refractivity contribution in [3.8, 4) is 5.69 Å². The summed E-state index contributed by atoms with van der Waals surface area (Å²) in [4.78, 5) is 25.3. The van der Waals surface area contributed by atoms with Gasteiger partial charge >= 0.3 is 0 Å². The number of benzene rings is 1. The van der Waals surface area contributed by atoms with Crippen LogP contribution in [-0.2, 0) is 18.4 Å². The number of hydrogen-bond acceptors (Lipinski definition) is 5. The number of nitrogens with zero attached hydrogens (tertiary/aromatic N) is 5. The first-order chi connectivity index (χ1) is 13.4. The summed E-state index contributed by atoms with van der Waals surface area (Å²) in [6.45, 7) is 6.59. The van der Waals surface area contributed by atoms with Gasteiger partial charge in [-0.2, -0.15) is 0 Å². The van der Waals surface area contributed by atoms with Gasteiger partial charge in [-0.1, -0.05) is 36.9 Å². The summed E-state index contributed by atoms with van der Waals surface area (Å²) >= 11 is 1.32. The minimum atomic E-state index is -0.255. The highest BCUT2D eigenvalue weighted by Crippen LogP contribution is 2.19. The van der Waals surface area contributed by atoms with Crippen LogP contribution in [0.3, 0.4) is 0 Å². The van der Waals surface area contributed by atoms with Gasteiger partial charge in [-0.15, -0.1) is 10.2 Å². The third-order valence-corrected chi connectivity index (χ3v) is 5.47. The molecule has 1 N–H and O–H groups in total. The number of aromatic nitrogens is 5. The average molecular weight is 401 g/mol. The predicted octanol–water partition coefficient (Wildman–Crippen LogP) is 2.53. The molecule has 2 heterocycles. The first-order valence-electron chi connectivity index (χ1n) is 9.10. The SMILES string of the molecule is CCCn1c(C)nnc1SCC(=O)Nc1c(C)n(C)n(-c2ccccc2)c1=O. The van der Waals surface area contributed by atoms with E-state index in [0.717, 1.165) is 24.5 Å². The average Bonchev–Trinajstić information content (AvgIpc) is 3.14. The Balaban J connectivity index is 1.76. The maximum atomic E-state index is 12.9. The number of thioether (sulfide) groups is 1. The lowest BCUT2D eigenvalue weighted by Crippen LogP contribution is -2.23. The van der Waals surface area contributed by atoms with E-state index in [1.54, 1.807) is 16.4 Å². The molecule has 1 aromatic carbocycles. The fourth-order valence-electron chi connectivity index (χ4n) is 2.97. The normalized spacial score (nSPS) is 11.0. The number of aryl methyl sites for hydroxylation is 1. The van der Waals surface area contributed by atoms with E-state index in [1.807, 2.05) is 48.7 Å². The number of amides is 1. The topological polar surface area (TPSA) is 86.7 Å². The minimum absolute atomic E-state index is 0.154. The van der Waals surface area contributed by atoms with Crippen LogP contribution in [-0.4, -0.2) is 35.8 Å². The lowest BCUT2D eigenvalue weighted by molar-refractivity contribution is -0.113. The number of carbonyl (C=O) groups excluding carboxylic acids is 1. The molecular formula is C19H24N6O2S. The summed E-state index contributed by atoms with van der Waals surface area (Å²) in [6, 6.07) is 9.33. The summed E-state index contributed by atoms with van der Waals surface area (Å²) in [7, 11) is 1.80. The summed E-state index contributed by atoms with van der Waals surface area (Å²) < 4.78 is 5.27. The molecule has 0 unspecified atom stereocenters. The number of rotatable bonds is 7. The second kappa shape index (κ2) is 8.47. The number of anilines is 1. The number of carbonyl (C=O) groups is 1. The van der Waals surface area contributed by atoms with Gasteiger partial charge in [0, 0.05) is 13.6 Å². The fraction of sp³-hybridized carbons (Fsp3) is 0.368. The zero-order valence-corrected chi connectivity index (χ0v) is 17.3. The van der Waals surface area contributed by atoms with Crippen molar-refractivity contribution in [2.45, 2.75) is 38.9 Å². The molecule has 1 amide bonds. The Hall–Kier alpha value is -2.81. The Morgan fingerprint density at radius 2 is 1.89 bits per heavy atom. The van der Waals surface area contributed by atoms with E-state index in [2.05, 4.69) is 22.4 Å². The van der Waals surface area contributed by atoms with E-state index in [4.69, 9.17) is 0 Å². The van der Waals surface area contributed by atoms with Crippen LogP contribution in [0.2, 0.25) is 0 Å². The van der Waals surface area contributed by atoms with Gasteiger partial charge in [0.2, 0.25) is 5.91 Å². The van der Waals surface area contributed by atoms with Crippen LogP contribution in [0.15, 0.2) is 40.3 Å². The molecule has 0 aliphatic heterocycles. The number of nitrogens with one attached hydrogen (secondary N) is 1. The molecule has 0 spiro atoms. The van der Waals surface area contributed by atoms with Crippen molar-refractivity contribution in [1.82, 2.24) is 24.1 Å². The van der Waals surface area contributed by atoms with Gasteiger partial charge in [0.1, 0.15) is 11.5 Å². The predicted molar refractivity (Wildman–Crippen MR) is 110 cm³/mol. The van der Waals surface area contributed by atoms with E-state index in [0.29, 0.717) is 16.5 Å². The number of para-hydroxylation sites is 1. The molecule has 0 radical (unpaired) electrons. The third-order valence-electron chi connectivity index (χ3n) is 4.50. The molecule has 0 bridgehead atoms. The van der Waals surface area contributed by atoms with Gasteiger partial charge in [-0.25, -0.2) is 4.68 Å². The van der Waals surface area contributed by atoms with E-state index < -0.39 is 0 Å². The molecule has 0 aliphatic carbocycles. The molecule has 0 saturated heterocycles. The van der Waals surface area contributed by atoms with Crippen molar-refractivity contribution in [3.05, 3.63) is 52.2 Å². The highest BCUT2D eigenvalue weighted by Gasteiger charge is 2.19. The molecule has 0 saturated carbocycles. The van der Waals surface area contributed by atoms with Gasteiger partial charge < -0.3 is 9.88 Å². The van der Waals surface area contributed by atoms with Crippen molar-refractivity contribution in [1.29, 1.82) is 0 Å². The molecule has 0 atom stereocenters. The van der Waals surface area contributed by atoms with Crippen molar-refractivity contribution in [2.24, 2.45) is 7.05 Å². The monoisotopic (exact) mass is 400 g/mol. The molecule has 0 fully saturated rings. The Kier molecular flexibility index (Phi) is 6.03. The fourth-order valence-corrected chi connectivity index (χ4v) is 3.78. The zero-order valence-electron chi connectivity index (χ0n) is 16.5. The van der Waals surface area contributed by atoms with E-state index in [-0.39, 0.29) is 17.2 Å². The van der Waals surface area contributed by atoms with Gasteiger partial charge in [0.15, 0.2) is 5.16 Å².